The van der Waals surface area contributed by atoms with E-state index in [9.17, 15) is 9.59 Å². The summed E-state index contributed by atoms with van der Waals surface area (Å²) in [6.07, 6.45) is 3.23. The molecule has 0 N–H and O–H groups in total. The first-order chi connectivity index (χ1) is 13.6. The number of piperazine rings is 1. The van der Waals surface area contributed by atoms with Crippen LogP contribution in [0.5, 0.6) is 0 Å². The first-order valence-electron chi connectivity index (χ1n) is 9.68. The number of nitrogens with zero attached hydrogens (tertiary/aromatic N) is 5. The van der Waals surface area contributed by atoms with Crippen molar-refractivity contribution in [2.45, 2.75) is 31.3 Å². The number of aromatic nitrogens is 2. The third-order valence-electron chi connectivity index (χ3n) is 4.82. The van der Waals surface area contributed by atoms with Crippen LogP contribution in [-0.4, -0.2) is 83.4 Å². The Morgan fingerprint density at radius 2 is 1.75 bits per heavy atom. The van der Waals surface area contributed by atoms with Gasteiger partial charge in [-0.3, -0.25) is 4.79 Å². The summed E-state index contributed by atoms with van der Waals surface area (Å²) in [4.78, 5) is 38.7. The molecule has 1 aromatic heterocycles. The second-order valence-corrected chi connectivity index (χ2v) is 8.06. The van der Waals surface area contributed by atoms with Gasteiger partial charge >= 0.3 is 6.09 Å². The molecule has 0 saturated carbocycles. The Labute approximate surface area is 174 Å². The summed E-state index contributed by atoms with van der Waals surface area (Å²) in [5, 5.41) is 0.917. The van der Waals surface area contributed by atoms with Gasteiger partial charge in [0, 0.05) is 45.3 Å². The van der Waals surface area contributed by atoms with Crippen LogP contribution in [0.25, 0.3) is 0 Å². The maximum absolute atomic E-state index is 12.5. The summed E-state index contributed by atoms with van der Waals surface area (Å²) in [5.41, 5.74) is 0. The fourth-order valence-corrected chi connectivity index (χ4v) is 4.29. The molecule has 2 aliphatic rings. The maximum Gasteiger partial charge on any atom is 0.409 e. The van der Waals surface area contributed by atoms with E-state index in [1.807, 2.05) is 0 Å². The number of hydrogen-bond donors (Lipinski definition) is 0. The Bertz CT molecular complexity index is 694. The molecule has 0 aromatic carbocycles. The quantitative estimate of drug-likeness (QED) is 0.405. The van der Waals surface area contributed by atoms with Gasteiger partial charge in [0.2, 0.25) is 5.91 Å². The Morgan fingerprint density at radius 1 is 1.07 bits per heavy atom. The van der Waals surface area contributed by atoms with Crippen LogP contribution < -0.4 is 4.90 Å². The number of hydrogen-bond acceptors (Lipinski definition) is 7. The van der Waals surface area contributed by atoms with Crippen LogP contribution in [0.3, 0.4) is 0 Å². The zero-order chi connectivity index (χ0) is 19.9. The van der Waals surface area contributed by atoms with Gasteiger partial charge in [-0.25, -0.2) is 14.8 Å². The lowest BCUT2D eigenvalue weighted by Crippen LogP contribution is -2.51. The van der Waals surface area contributed by atoms with E-state index >= 15 is 0 Å². The molecule has 0 aliphatic carbocycles. The van der Waals surface area contributed by atoms with Gasteiger partial charge in [0.25, 0.3) is 0 Å². The molecule has 0 atom stereocenters. The molecule has 8 nitrogen and oxygen atoms in total. The number of ether oxygens (including phenoxy) is 1. The largest absolute Gasteiger partial charge is 0.450 e. The van der Waals surface area contributed by atoms with Crippen molar-refractivity contribution in [1.29, 1.82) is 0 Å². The average Bonchev–Trinajstić information content (AvgIpc) is 2.72. The van der Waals surface area contributed by atoms with Gasteiger partial charge in [-0.2, -0.15) is 0 Å². The minimum absolute atomic E-state index is 0.0107. The fourth-order valence-electron chi connectivity index (χ4n) is 3.31. The van der Waals surface area contributed by atoms with Crippen molar-refractivity contribution in [3.05, 3.63) is 11.2 Å². The van der Waals surface area contributed by atoms with Crippen LogP contribution in [0.4, 0.5) is 10.6 Å². The number of anilines is 1. The molecular formula is C18H26ClN5O3S. The predicted molar refractivity (Wildman–Crippen MR) is 109 cm³/mol. The number of piperidine rings is 1. The molecule has 10 heteroatoms. The minimum Gasteiger partial charge on any atom is -0.450 e. The van der Waals surface area contributed by atoms with Crippen LogP contribution in [-0.2, 0) is 9.53 Å². The second-order valence-electron chi connectivity index (χ2n) is 6.73. The Kier molecular flexibility index (Phi) is 7.61. The van der Waals surface area contributed by atoms with E-state index in [4.69, 9.17) is 16.3 Å². The smallest absolute Gasteiger partial charge is 0.409 e. The van der Waals surface area contributed by atoms with Crippen LogP contribution >= 0.6 is 23.4 Å². The van der Waals surface area contributed by atoms with Gasteiger partial charge in [-0.05, 0) is 26.2 Å². The highest BCUT2D eigenvalue weighted by Gasteiger charge is 2.25. The summed E-state index contributed by atoms with van der Waals surface area (Å²) in [7, 11) is 0. The molecule has 3 heterocycles. The lowest BCUT2D eigenvalue weighted by atomic mass is 10.1. The van der Waals surface area contributed by atoms with Crippen molar-refractivity contribution >= 4 is 41.2 Å². The molecule has 0 unspecified atom stereocenters. The van der Waals surface area contributed by atoms with Crippen molar-refractivity contribution in [1.82, 2.24) is 19.8 Å². The van der Waals surface area contributed by atoms with Gasteiger partial charge < -0.3 is 19.4 Å². The topological polar surface area (TPSA) is 78.9 Å². The van der Waals surface area contributed by atoms with Gasteiger partial charge in [0.15, 0.2) is 5.16 Å². The molecule has 154 valence electrons. The number of carbonyl (C=O) groups excluding carboxylic acids is 2. The molecule has 3 rings (SSSR count). The van der Waals surface area contributed by atoms with E-state index < -0.39 is 0 Å². The zero-order valence-corrected chi connectivity index (χ0v) is 17.7. The third-order valence-corrected chi connectivity index (χ3v) is 5.85. The molecule has 2 amide bonds. The lowest BCUT2D eigenvalue weighted by molar-refractivity contribution is -0.129. The summed E-state index contributed by atoms with van der Waals surface area (Å²) in [6.45, 7) is 6.07. The van der Waals surface area contributed by atoms with Crippen molar-refractivity contribution in [3.8, 4) is 0 Å². The number of amides is 2. The van der Waals surface area contributed by atoms with Crippen molar-refractivity contribution in [2.75, 3.05) is 56.5 Å². The van der Waals surface area contributed by atoms with Crippen LogP contribution in [0.2, 0.25) is 5.15 Å². The maximum atomic E-state index is 12.5. The van der Waals surface area contributed by atoms with E-state index in [1.165, 1.54) is 18.2 Å². The molecule has 2 fully saturated rings. The minimum atomic E-state index is -0.318. The van der Waals surface area contributed by atoms with E-state index in [-0.39, 0.29) is 17.8 Å². The molecule has 0 radical (unpaired) electrons. The van der Waals surface area contributed by atoms with Gasteiger partial charge in [-0.1, -0.05) is 23.4 Å². The third kappa shape index (κ3) is 5.64. The van der Waals surface area contributed by atoms with E-state index in [0.29, 0.717) is 43.1 Å². The van der Waals surface area contributed by atoms with Gasteiger partial charge in [-0.15, -0.1) is 0 Å². The number of carbonyl (C=O) groups is 2. The van der Waals surface area contributed by atoms with E-state index in [0.717, 1.165) is 31.7 Å². The SMILES string of the molecule is CCOC(=O)N1CCN(C(=O)CSc2nc(Cl)cc(N3CCCCC3)n2)CC1. The standard InChI is InChI=1S/C18H26ClN5O3S/c1-2-27-18(26)24-10-8-23(9-11-24)16(25)13-28-17-20-14(19)12-15(21-17)22-6-4-3-5-7-22/h12H,2-11,13H2,1H3. The second kappa shape index (κ2) is 10.2. The van der Waals surface area contributed by atoms with Gasteiger partial charge in [0.05, 0.1) is 12.4 Å². The first-order valence-corrected chi connectivity index (χ1v) is 11.0. The Balaban J connectivity index is 1.51. The first kappa shape index (κ1) is 21.0. The molecule has 2 saturated heterocycles. The number of halogens is 1. The molecule has 2 aliphatic heterocycles. The molecular weight excluding hydrogens is 402 g/mol. The molecule has 0 spiro atoms. The normalized spacial score (nSPS) is 17.6. The van der Waals surface area contributed by atoms with Crippen LogP contribution in [0.15, 0.2) is 11.2 Å². The predicted octanol–water partition coefficient (Wildman–Crippen LogP) is 2.51. The number of rotatable bonds is 5. The highest BCUT2D eigenvalue weighted by molar-refractivity contribution is 7.99. The van der Waals surface area contributed by atoms with Crippen LogP contribution in [0.1, 0.15) is 26.2 Å². The monoisotopic (exact) mass is 427 g/mol. The summed E-state index contributed by atoms with van der Waals surface area (Å²) < 4.78 is 5.00. The highest BCUT2D eigenvalue weighted by atomic mass is 35.5. The average molecular weight is 428 g/mol. The van der Waals surface area contributed by atoms with E-state index in [1.54, 1.807) is 22.8 Å². The molecule has 28 heavy (non-hydrogen) atoms. The highest BCUT2D eigenvalue weighted by Crippen LogP contribution is 2.24. The summed E-state index contributed by atoms with van der Waals surface area (Å²) >= 11 is 7.47. The van der Waals surface area contributed by atoms with E-state index in [2.05, 4.69) is 14.9 Å². The Hall–Kier alpha value is -1.74. The fraction of sp³-hybridized carbons (Fsp3) is 0.667. The van der Waals surface area contributed by atoms with Crippen molar-refractivity contribution in [3.63, 3.8) is 0 Å². The summed E-state index contributed by atoms with van der Waals surface area (Å²) in [5.74, 6) is 1.09. The summed E-state index contributed by atoms with van der Waals surface area (Å²) in [6, 6.07) is 1.79. The number of thioether (sulfide) groups is 1. The Morgan fingerprint density at radius 3 is 2.43 bits per heavy atom. The van der Waals surface area contributed by atoms with Crippen molar-refractivity contribution in [2.24, 2.45) is 0 Å². The van der Waals surface area contributed by atoms with Crippen LogP contribution in [0, 0.1) is 0 Å². The molecule has 0 bridgehead atoms. The molecule has 1 aromatic rings. The van der Waals surface area contributed by atoms with Crippen molar-refractivity contribution < 1.29 is 14.3 Å². The van der Waals surface area contributed by atoms with Gasteiger partial charge in [0.1, 0.15) is 11.0 Å². The zero-order valence-electron chi connectivity index (χ0n) is 16.1. The lowest BCUT2D eigenvalue weighted by Gasteiger charge is -2.34.